The van der Waals surface area contributed by atoms with E-state index < -0.39 is 0 Å². The van der Waals surface area contributed by atoms with Crippen molar-refractivity contribution < 1.29 is 0 Å². The standard InChI is InChI=1S/C46H30N2/c1-2-16-37(17-3-1)47(41-20-8-13-32-11-4-6-18-39(32)41)38-27-25-31(26-28-38)36-29-35-24-23-34-15-10-22-43-45(34)46(35)44(30-36)48(43)42-21-9-14-33-12-5-7-19-40(33)42/h1-30H. The van der Waals surface area contributed by atoms with E-state index in [9.17, 15) is 0 Å². The summed E-state index contributed by atoms with van der Waals surface area (Å²) < 4.78 is 2.47. The number of hydrogen-bond donors (Lipinski definition) is 0. The Bertz CT molecular complexity index is 2760. The minimum Gasteiger partial charge on any atom is -0.310 e. The van der Waals surface area contributed by atoms with Crippen LogP contribution < -0.4 is 4.90 Å². The minimum absolute atomic E-state index is 1.12. The number of aromatic nitrogens is 1. The first-order valence-corrected chi connectivity index (χ1v) is 16.5. The molecular weight excluding hydrogens is 581 g/mol. The Morgan fingerprint density at radius 3 is 1.79 bits per heavy atom. The molecule has 48 heavy (non-hydrogen) atoms. The van der Waals surface area contributed by atoms with Crippen molar-refractivity contribution >= 4 is 71.2 Å². The zero-order chi connectivity index (χ0) is 31.6. The summed E-state index contributed by atoms with van der Waals surface area (Å²) in [5.74, 6) is 0. The molecule has 10 aromatic rings. The number of para-hydroxylation sites is 1. The molecule has 0 aliphatic carbocycles. The molecule has 0 spiro atoms. The molecule has 0 N–H and O–H groups in total. The Hall–Kier alpha value is -6.38. The van der Waals surface area contributed by atoms with Gasteiger partial charge in [0, 0.05) is 32.9 Å². The summed E-state index contributed by atoms with van der Waals surface area (Å²) in [6, 6.07) is 66.2. The summed E-state index contributed by atoms with van der Waals surface area (Å²) in [7, 11) is 0. The maximum absolute atomic E-state index is 2.47. The largest absolute Gasteiger partial charge is 0.310 e. The van der Waals surface area contributed by atoms with E-state index in [1.165, 1.54) is 76.6 Å². The molecule has 1 aromatic heterocycles. The van der Waals surface area contributed by atoms with Crippen LogP contribution in [0, 0.1) is 0 Å². The lowest BCUT2D eigenvalue weighted by atomic mass is 9.97. The van der Waals surface area contributed by atoms with Gasteiger partial charge in [-0.1, -0.05) is 127 Å². The van der Waals surface area contributed by atoms with Crippen molar-refractivity contribution in [1.29, 1.82) is 0 Å². The smallest absolute Gasteiger partial charge is 0.0553 e. The highest BCUT2D eigenvalue weighted by Gasteiger charge is 2.20. The first-order chi connectivity index (χ1) is 23.8. The average molecular weight is 611 g/mol. The number of hydrogen-bond acceptors (Lipinski definition) is 1. The zero-order valence-corrected chi connectivity index (χ0v) is 26.2. The highest BCUT2D eigenvalue weighted by molar-refractivity contribution is 6.25. The lowest BCUT2D eigenvalue weighted by Gasteiger charge is -2.27. The van der Waals surface area contributed by atoms with E-state index in [0.717, 1.165) is 11.4 Å². The van der Waals surface area contributed by atoms with Crippen molar-refractivity contribution in [2.45, 2.75) is 0 Å². The van der Waals surface area contributed by atoms with Crippen molar-refractivity contribution in [1.82, 2.24) is 4.57 Å². The Labute approximate surface area is 278 Å². The molecule has 0 bridgehead atoms. The second kappa shape index (κ2) is 10.6. The van der Waals surface area contributed by atoms with Crippen molar-refractivity contribution in [2.75, 3.05) is 4.90 Å². The maximum Gasteiger partial charge on any atom is 0.0553 e. The van der Waals surface area contributed by atoms with E-state index in [0.29, 0.717) is 0 Å². The molecule has 2 heteroatoms. The molecule has 0 atom stereocenters. The number of benzene rings is 9. The first kappa shape index (κ1) is 26.8. The van der Waals surface area contributed by atoms with Crippen LogP contribution in [-0.4, -0.2) is 4.57 Å². The van der Waals surface area contributed by atoms with Crippen LogP contribution in [-0.2, 0) is 0 Å². The van der Waals surface area contributed by atoms with E-state index in [4.69, 9.17) is 0 Å². The van der Waals surface area contributed by atoms with Gasteiger partial charge in [-0.3, -0.25) is 0 Å². The Balaban J connectivity index is 1.17. The molecule has 0 aliphatic heterocycles. The third kappa shape index (κ3) is 4.06. The molecule has 0 amide bonds. The van der Waals surface area contributed by atoms with Crippen LogP contribution in [0.15, 0.2) is 182 Å². The van der Waals surface area contributed by atoms with Gasteiger partial charge in [0.25, 0.3) is 0 Å². The highest BCUT2D eigenvalue weighted by Crippen LogP contribution is 2.43. The quantitative estimate of drug-likeness (QED) is 0.176. The van der Waals surface area contributed by atoms with Crippen LogP contribution in [0.3, 0.4) is 0 Å². The molecule has 9 aromatic carbocycles. The summed E-state index contributed by atoms with van der Waals surface area (Å²) >= 11 is 0. The van der Waals surface area contributed by atoms with Crippen LogP contribution in [0.2, 0.25) is 0 Å². The van der Waals surface area contributed by atoms with E-state index in [-0.39, 0.29) is 0 Å². The highest BCUT2D eigenvalue weighted by atomic mass is 15.1. The van der Waals surface area contributed by atoms with Gasteiger partial charge in [0.05, 0.1) is 22.4 Å². The molecule has 10 rings (SSSR count). The van der Waals surface area contributed by atoms with Crippen molar-refractivity contribution in [3.05, 3.63) is 182 Å². The molecule has 224 valence electrons. The molecule has 0 saturated heterocycles. The van der Waals surface area contributed by atoms with Gasteiger partial charge in [0.2, 0.25) is 0 Å². The minimum atomic E-state index is 1.12. The second-order valence-electron chi connectivity index (χ2n) is 12.6. The van der Waals surface area contributed by atoms with E-state index in [1.54, 1.807) is 0 Å². The van der Waals surface area contributed by atoms with Gasteiger partial charge in [-0.2, -0.15) is 0 Å². The molecule has 0 radical (unpaired) electrons. The van der Waals surface area contributed by atoms with Gasteiger partial charge in [-0.15, -0.1) is 0 Å². The number of nitrogens with zero attached hydrogens (tertiary/aromatic N) is 2. The molecule has 0 saturated carbocycles. The molecule has 2 nitrogen and oxygen atoms in total. The van der Waals surface area contributed by atoms with E-state index in [1.807, 2.05) is 0 Å². The van der Waals surface area contributed by atoms with Crippen LogP contribution in [0.5, 0.6) is 0 Å². The van der Waals surface area contributed by atoms with E-state index in [2.05, 4.69) is 191 Å². The van der Waals surface area contributed by atoms with Crippen LogP contribution in [0.25, 0.3) is 70.9 Å². The number of anilines is 3. The van der Waals surface area contributed by atoms with Gasteiger partial charge < -0.3 is 9.47 Å². The Kier molecular flexibility index (Phi) is 5.91. The number of fused-ring (bicyclic) bond motifs is 2. The summed E-state index contributed by atoms with van der Waals surface area (Å²) in [6.45, 7) is 0. The maximum atomic E-state index is 2.47. The lowest BCUT2D eigenvalue weighted by Crippen LogP contribution is -2.10. The van der Waals surface area contributed by atoms with Crippen LogP contribution >= 0.6 is 0 Å². The monoisotopic (exact) mass is 610 g/mol. The summed E-state index contributed by atoms with van der Waals surface area (Å²) in [4.78, 5) is 2.36. The van der Waals surface area contributed by atoms with Crippen LogP contribution in [0.1, 0.15) is 0 Å². The van der Waals surface area contributed by atoms with Gasteiger partial charge in [0.15, 0.2) is 0 Å². The topological polar surface area (TPSA) is 8.17 Å². The fraction of sp³-hybridized carbons (Fsp3) is 0. The Morgan fingerprint density at radius 2 is 0.958 bits per heavy atom. The Morgan fingerprint density at radius 1 is 0.354 bits per heavy atom. The molecule has 0 fully saturated rings. The zero-order valence-electron chi connectivity index (χ0n) is 26.2. The van der Waals surface area contributed by atoms with Crippen molar-refractivity contribution in [3.63, 3.8) is 0 Å². The predicted octanol–water partition coefficient (Wildman–Crippen LogP) is 12.8. The normalized spacial score (nSPS) is 11.8. The third-order valence-corrected chi connectivity index (χ3v) is 9.89. The predicted molar refractivity (Wildman–Crippen MR) is 205 cm³/mol. The van der Waals surface area contributed by atoms with Crippen molar-refractivity contribution in [3.8, 4) is 16.8 Å². The van der Waals surface area contributed by atoms with Gasteiger partial charge in [0.1, 0.15) is 0 Å². The first-order valence-electron chi connectivity index (χ1n) is 16.5. The summed E-state index contributed by atoms with van der Waals surface area (Å²) in [6.07, 6.45) is 0. The van der Waals surface area contributed by atoms with Gasteiger partial charge >= 0.3 is 0 Å². The molecule has 0 aliphatic rings. The molecular formula is C46H30N2. The number of rotatable bonds is 5. The fourth-order valence-corrected chi connectivity index (χ4v) is 7.73. The molecule has 1 heterocycles. The summed E-state index contributed by atoms with van der Waals surface area (Å²) in [5.41, 5.74) is 9.50. The third-order valence-electron chi connectivity index (χ3n) is 9.89. The van der Waals surface area contributed by atoms with E-state index >= 15 is 0 Å². The van der Waals surface area contributed by atoms with Gasteiger partial charge in [-0.05, 0) is 87.3 Å². The lowest BCUT2D eigenvalue weighted by molar-refractivity contribution is 1.20. The molecule has 0 unspecified atom stereocenters. The SMILES string of the molecule is c1ccc(N(c2ccc(-c3cc4ccc5cccc6c5c4c(c3)n6-c3cccc4ccccc34)cc2)c2cccc3ccccc23)cc1. The summed E-state index contributed by atoms with van der Waals surface area (Å²) in [5, 5.41) is 10.1. The van der Waals surface area contributed by atoms with Crippen LogP contribution in [0.4, 0.5) is 17.1 Å². The van der Waals surface area contributed by atoms with Crippen molar-refractivity contribution in [2.24, 2.45) is 0 Å². The average Bonchev–Trinajstić information content (AvgIpc) is 3.49. The fourth-order valence-electron chi connectivity index (χ4n) is 7.73. The van der Waals surface area contributed by atoms with Gasteiger partial charge in [-0.25, -0.2) is 0 Å². The second-order valence-corrected chi connectivity index (χ2v) is 12.6.